The van der Waals surface area contributed by atoms with Gasteiger partial charge in [0.2, 0.25) is 0 Å². The third-order valence-electron chi connectivity index (χ3n) is 7.00. The highest BCUT2D eigenvalue weighted by atomic mass is 28.4. The van der Waals surface area contributed by atoms with E-state index in [1.54, 1.807) is 42.3 Å². The summed E-state index contributed by atoms with van der Waals surface area (Å²) in [5.74, 6) is -3.78. The van der Waals surface area contributed by atoms with Gasteiger partial charge in [0, 0.05) is 87.5 Å². The average molecular weight is 787 g/mol. The van der Waals surface area contributed by atoms with Gasteiger partial charge >= 0.3 is 41.5 Å². The molecule has 0 aliphatic heterocycles. The van der Waals surface area contributed by atoms with E-state index in [9.17, 15) is 24.0 Å². The molecule has 19 heteroatoms. The zero-order valence-corrected chi connectivity index (χ0v) is 34.6. The molecule has 2 atom stereocenters. The van der Waals surface area contributed by atoms with Gasteiger partial charge in [0.25, 0.3) is 0 Å². The maximum atomic E-state index is 12.4. The summed E-state index contributed by atoms with van der Waals surface area (Å²) in [4.78, 5) is 57.5. The molecule has 17 nitrogen and oxygen atoms in total. The summed E-state index contributed by atoms with van der Waals surface area (Å²) in [6, 6.07) is 1.11. The molecule has 0 aromatic rings. The molecule has 0 aromatic carbocycles. The van der Waals surface area contributed by atoms with Gasteiger partial charge in [0.1, 0.15) is 24.9 Å². The molecule has 0 rings (SSSR count). The number of ketones is 1. The van der Waals surface area contributed by atoms with Crippen molar-refractivity contribution >= 4 is 47.3 Å². The Morgan fingerprint density at radius 2 is 0.923 bits per heavy atom. The van der Waals surface area contributed by atoms with Crippen LogP contribution in [0, 0.1) is 11.8 Å². The molecule has 0 radical (unpaired) electrons. The van der Waals surface area contributed by atoms with E-state index in [0.29, 0.717) is 51.2 Å². The molecule has 0 bridgehead atoms. The highest BCUT2D eigenvalue weighted by Crippen LogP contribution is 2.18. The van der Waals surface area contributed by atoms with Crippen LogP contribution in [-0.2, 0) is 78.9 Å². The van der Waals surface area contributed by atoms with Gasteiger partial charge in [0.05, 0.1) is 32.3 Å². The number of esters is 4. The van der Waals surface area contributed by atoms with Crippen molar-refractivity contribution in [2.24, 2.45) is 11.8 Å². The Bertz CT molecular complexity index is 986. The molecular weight excluding hydrogens is 725 g/mol. The van der Waals surface area contributed by atoms with E-state index in [4.69, 9.17) is 45.5 Å². The molecule has 0 aliphatic carbocycles. The quantitative estimate of drug-likeness (QED) is 0.0280. The van der Waals surface area contributed by atoms with E-state index in [2.05, 4.69) is 22.6 Å². The lowest BCUT2D eigenvalue weighted by molar-refractivity contribution is -0.156. The Morgan fingerprint density at radius 1 is 0.558 bits per heavy atom. The Hall–Kier alpha value is -2.86. The minimum Gasteiger partial charge on any atom is -0.465 e. The van der Waals surface area contributed by atoms with Crippen molar-refractivity contribution in [2.45, 2.75) is 51.6 Å². The number of hydrogen-bond donors (Lipinski definition) is 0. The molecule has 0 heterocycles. The second-order valence-corrected chi connectivity index (χ2v) is 16.6. The van der Waals surface area contributed by atoms with Gasteiger partial charge in [-0.1, -0.05) is 27.0 Å². The molecule has 0 amide bonds. The smallest absolute Gasteiger partial charge is 0.465 e. The van der Waals surface area contributed by atoms with Gasteiger partial charge in [-0.15, -0.1) is 0 Å². The lowest BCUT2D eigenvalue weighted by Crippen LogP contribution is -2.42. The van der Waals surface area contributed by atoms with Crippen molar-refractivity contribution in [3.63, 3.8) is 0 Å². The summed E-state index contributed by atoms with van der Waals surface area (Å²) >= 11 is 0. The fourth-order valence-corrected chi connectivity index (χ4v) is 7.28. The van der Waals surface area contributed by atoms with Crippen LogP contribution in [0.5, 0.6) is 0 Å². The van der Waals surface area contributed by atoms with E-state index in [0.717, 1.165) is 12.2 Å². The number of Topliss-reactive ketones (excluding diaryl/α,β-unsaturated/α-hetero) is 1. The van der Waals surface area contributed by atoms with Crippen LogP contribution in [0.25, 0.3) is 0 Å². The van der Waals surface area contributed by atoms with Crippen molar-refractivity contribution < 1.29 is 78.9 Å². The van der Waals surface area contributed by atoms with Gasteiger partial charge in [-0.3, -0.25) is 14.4 Å². The zero-order valence-electron chi connectivity index (χ0n) is 32.6. The summed E-state index contributed by atoms with van der Waals surface area (Å²) in [6.45, 7) is 11.4. The third-order valence-corrected chi connectivity index (χ3v) is 12.7. The first-order valence-electron chi connectivity index (χ1n) is 16.5. The van der Waals surface area contributed by atoms with Crippen LogP contribution in [-0.4, -0.2) is 144 Å². The van der Waals surface area contributed by atoms with Crippen LogP contribution in [0.2, 0.25) is 12.1 Å². The fraction of sp³-hybridized carbons (Fsp3) is 0.727. The standard InChI is InChI=1S/C18H34O9Si.C9H18O5Si.C6H10O3/c1-7-15(18(21)27-11-10-22-3)16(19)13-14(2)17(20)26-9-8-12-28(23-4,24-5)25-6;1-5-9(10)14-7-6-8-15(11-2,12-3)13-4;1-3-6(7)9-5-4-8-2/h14-15H,7-13H2,1-6H3;5H,1,6-8H2,2-4H3;3H,1,4-5H2,2H3. The highest BCUT2D eigenvalue weighted by molar-refractivity contribution is 6.60. The third kappa shape index (κ3) is 25.2. The highest BCUT2D eigenvalue weighted by Gasteiger charge is 2.38. The summed E-state index contributed by atoms with van der Waals surface area (Å²) in [5.41, 5.74) is 0. The molecule has 0 aromatic heterocycles. The first-order chi connectivity index (χ1) is 24.7. The fourth-order valence-electron chi connectivity index (χ4n) is 3.90. The summed E-state index contributed by atoms with van der Waals surface area (Å²) in [7, 11) is 7.03. The molecule has 0 fully saturated rings. The molecule has 0 saturated carbocycles. The topological polar surface area (TPSA) is 196 Å². The molecule has 304 valence electrons. The number of ether oxygens (including phenoxy) is 6. The Morgan fingerprint density at radius 3 is 1.29 bits per heavy atom. The first-order valence-corrected chi connectivity index (χ1v) is 20.3. The van der Waals surface area contributed by atoms with Gasteiger partial charge in [-0.2, -0.15) is 0 Å². The minimum atomic E-state index is -2.70. The van der Waals surface area contributed by atoms with Crippen LogP contribution in [0.4, 0.5) is 0 Å². The summed E-state index contributed by atoms with van der Waals surface area (Å²) in [6.07, 6.45) is 3.63. The van der Waals surface area contributed by atoms with E-state index < -0.39 is 53.3 Å². The van der Waals surface area contributed by atoms with Gasteiger partial charge in [0.15, 0.2) is 0 Å². The lowest BCUT2D eigenvalue weighted by Gasteiger charge is -2.24. The van der Waals surface area contributed by atoms with Crippen LogP contribution < -0.4 is 0 Å². The maximum Gasteiger partial charge on any atom is 0.500 e. The van der Waals surface area contributed by atoms with E-state index in [1.165, 1.54) is 28.4 Å². The van der Waals surface area contributed by atoms with E-state index in [1.807, 2.05) is 0 Å². The SMILES string of the molecule is C=CC(=O)OCCC[Si](OC)(OC)OC.C=CC(=O)OCCOC.CCC(C(=O)CC(C)C(=O)OCCC[Si](OC)(OC)OC)C(=O)OCCOC. The maximum absolute atomic E-state index is 12.4. The average Bonchev–Trinajstić information content (AvgIpc) is 3.16. The first kappa shape index (κ1) is 53.5. The van der Waals surface area contributed by atoms with E-state index >= 15 is 0 Å². The second kappa shape index (κ2) is 33.9. The number of hydrogen-bond acceptors (Lipinski definition) is 17. The minimum absolute atomic E-state index is 0.0797. The van der Waals surface area contributed by atoms with Crippen molar-refractivity contribution in [3.8, 4) is 0 Å². The largest absolute Gasteiger partial charge is 0.500 e. The van der Waals surface area contributed by atoms with Crippen LogP contribution in [0.1, 0.15) is 39.5 Å². The van der Waals surface area contributed by atoms with Crippen LogP contribution in [0.15, 0.2) is 25.3 Å². The molecular formula is C33H62O17Si2. The molecule has 0 aliphatic rings. The van der Waals surface area contributed by atoms with Gasteiger partial charge in [-0.25, -0.2) is 9.59 Å². The van der Waals surface area contributed by atoms with Crippen molar-refractivity contribution in [2.75, 3.05) is 96.5 Å². The Kier molecular flexibility index (Phi) is 34.9. The summed E-state index contributed by atoms with van der Waals surface area (Å²) in [5, 5.41) is 0. The number of carbonyl (C=O) groups is 5. The zero-order chi connectivity index (χ0) is 40.4. The predicted molar refractivity (Wildman–Crippen MR) is 193 cm³/mol. The van der Waals surface area contributed by atoms with Crippen molar-refractivity contribution in [3.05, 3.63) is 25.3 Å². The molecule has 0 N–H and O–H groups in total. The molecule has 2 unspecified atom stereocenters. The van der Waals surface area contributed by atoms with Gasteiger partial charge in [-0.05, 0) is 19.3 Å². The normalized spacial score (nSPS) is 12.0. The molecule has 52 heavy (non-hydrogen) atoms. The van der Waals surface area contributed by atoms with Crippen LogP contribution >= 0.6 is 0 Å². The van der Waals surface area contributed by atoms with E-state index in [-0.39, 0.29) is 32.0 Å². The van der Waals surface area contributed by atoms with Crippen molar-refractivity contribution in [1.29, 1.82) is 0 Å². The monoisotopic (exact) mass is 786 g/mol. The van der Waals surface area contributed by atoms with Crippen molar-refractivity contribution in [1.82, 2.24) is 0 Å². The number of carbonyl (C=O) groups excluding carboxylic acids is 5. The Labute approximate surface area is 311 Å². The number of rotatable bonds is 28. The summed E-state index contributed by atoms with van der Waals surface area (Å²) < 4.78 is 60.5. The van der Waals surface area contributed by atoms with Crippen LogP contribution in [0.3, 0.4) is 0 Å². The number of methoxy groups -OCH3 is 2. The van der Waals surface area contributed by atoms with Gasteiger partial charge < -0.3 is 55.0 Å². The molecule has 0 saturated heterocycles. The molecule has 0 spiro atoms. The lowest BCUT2D eigenvalue weighted by atomic mass is 9.93. The Balaban J connectivity index is -0.000000828. The second-order valence-electron chi connectivity index (χ2n) is 10.4. The predicted octanol–water partition coefficient (Wildman–Crippen LogP) is 2.95.